The standard InChI is InChI=1S/C16H17NO4.C11H12O4.C5H8N2O2.ClH/c1-21-12-3-4-13-10(8-12)6-7-17(16(13)20)14-5-2-11(18)9-15(14)19;1-14-9-3-4-10(11(13)15-2)8(7-9)5-6-12;6-3-1-2-4(8)7-5(3)9;/h3-4,8,14H,2,5-7,9H2,1H3;3-4,6-7H,5H2,1-2H3;3H,1-2,6H2,(H,7,8,9);1H. The molecule has 13 nitrogen and oxygen atoms in total. The molecule has 2 heterocycles. The number of carbonyl (C=O) groups excluding carboxylic acids is 7. The molecule has 2 unspecified atom stereocenters. The number of piperidine rings is 1. The molecule has 0 bridgehead atoms. The number of hydrogen-bond acceptors (Lipinski definition) is 11. The van der Waals surface area contributed by atoms with Gasteiger partial charge in [-0.25, -0.2) is 4.79 Å². The largest absolute Gasteiger partial charge is 0.497 e. The summed E-state index contributed by atoms with van der Waals surface area (Å²) in [5, 5.41) is 2.13. The number of ketones is 2. The van der Waals surface area contributed by atoms with Gasteiger partial charge < -0.3 is 29.6 Å². The number of nitrogens with one attached hydrogen (secondary N) is 1. The average Bonchev–Trinajstić information content (AvgIpc) is 3.03. The highest BCUT2D eigenvalue weighted by Gasteiger charge is 2.37. The zero-order chi connectivity index (χ0) is 33.1. The Kier molecular flexibility index (Phi) is 14.5. The number of methoxy groups -OCH3 is 3. The van der Waals surface area contributed by atoms with Crippen molar-refractivity contribution in [2.75, 3.05) is 27.9 Å². The van der Waals surface area contributed by atoms with Crippen LogP contribution in [0.15, 0.2) is 36.4 Å². The van der Waals surface area contributed by atoms with Gasteiger partial charge in [0.15, 0.2) is 5.78 Å². The van der Waals surface area contributed by atoms with E-state index in [4.69, 9.17) is 15.2 Å². The van der Waals surface area contributed by atoms with Crippen LogP contribution >= 0.6 is 12.4 Å². The number of Topliss-reactive ketones (excluding diaryl/α,β-unsaturated/α-hetero) is 2. The Morgan fingerprint density at radius 1 is 0.957 bits per heavy atom. The summed E-state index contributed by atoms with van der Waals surface area (Å²) in [5.74, 6) is 0.0466. The average molecular weight is 660 g/mol. The number of aldehydes is 1. The lowest BCUT2D eigenvalue weighted by Crippen LogP contribution is -2.50. The number of rotatable bonds is 6. The van der Waals surface area contributed by atoms with Crippen LogP contribution in [-0.4, -0.2) is 86.4 Å². The van der Waals surface area contributed by atoms with Gasteiger partial charge in [0, 0.05) is 31.4 Å². The van der Waals surface area contributed by atoms with E-state index >= 15 is 0 Å². The van der Waals surface area contributed by atoms with Crippen molar-refractivity contribution < 1.29 is 47.8 Å². The lowest BCUT2D eigenvalue weighted by molar-refractivity contribution is -0.135. The van der Waals surface area contributed by atoms with Gasteiger partial charge in [0.05, 0.1) is 45.4 Å². The third-order valence-corrected chi connectivity index (χ3v) is 7.54. The Hall–Kier alpha value is -4.62. The molecule has 0 aromatic heterocycles. The predicted molar refractivity (Wildman–Crippen MR) is 167 cm³/mol. The number of ether oxygens (including phenoxy) is 3. The van der Waals surface area contributed by atoms with Crippen LogP contribution in [0.1, 0.15) is 63.9 Å². The van der Waals surface area contributed by atoms with E-state index in [0.29, 0.717) is 61.1 Å². The quantitative estimate of drug-likeness (QED) is 0.199. The molecule has 2 atom stereocenters. The molecule has 0 spiro atoms. The molecule has 14 heteroatoms. The Balaban J connectivity index is 0.000000258. The van der Waals surface area contributed by atoms with E-state index in [9.17, 15) is 33.6 Å². The molecule has 0 radical (unpaired) electrons. The first-order valence-electron chi connectivity index (χ1n) is 14.3. The smallest absolute Gasteiger partial charge is 0.338 e. The number of nitrogens with zero attached hydrogens (tertiary/aromatic N) is 1. The van der Waals surface area contributed by atoms with E-state index in [0.717, 1.165) is 17.6 Å². The summed E-state index contributed by atoms with van der Waals surface area (Å²) in [6, 6.07) is 9.35. The van der Waals surface area contributed by atoms with E-state index in [1.165, 1.54) is 14.2 Å². The number of hydrogen-bond donors (Lipinski definition) is 2. The Bertz CT molecular complexity index is 1480. The molecule has 3 N–H and O–H groups in total. The van der Waals surface area contributed by atoms with E-state index in [1.54, 1.807) is 42.3 Å². The topological polar surface area (TPSA) is 188 Å². The van der Waals surface area contributed by atoms with Gasteiger partial charge in [-0.1, -0.05) is 0 Å². The summed E-state index contributed by atoms with van der Waals surface area (Å²) in [5.41, 5.74) is 7.86. The minimum atomic E-state index is -0.484. The summed E-state index contributed by atoms with van der Waals surface area (Å²) in [7, 11) is 4.42. The van der Waals surface area contributed by atoms with E-state index in [-0.39, 0.29) is 54.5 Å². The number of carbonyl (C=O) groups is 7. The lowest BCUT2D eigenvalue weighted by atomic mass is 9.89. The van der Waals surface area contributed by atoms with Crippen molar-refractivity contribution >= 4 is 54.0 Å². The number of fused-ring (bicyclic) bond motifs is 1. The second-order valence-electron chi connectivity index (χ2n) is 10.5. The van der Waals surface area contributed by atoms with Crippen LogP contribution < -0.4 is 20.5 Å². The Morgan fingerprint density at radius 2 is 1.63 bits per heavy atom. The molecule has 3 aliphatic rings. The molecular weight excluding hydrogens is 622 g/mol. The van der Waals surface area contributed by atoms with Crippen LogP contribution in [0.25, 0.3) is 0 Å². The van der Waals surface area contributed by atoms with E-state index in [1.807, 2.05) is 6.07 Å². The summed E-state index contributed by atoms with van der Waals surface area (Å²) < 4.78 is 14.8. The van der Waals surface area contributed by atoms with Crippen LogP contribution in [0.5, 0.6) is 11.5 Å². The second-order valence-corrected chi connectivity index (χ2v) is 10.5. The highest BCUT2D eigenvalue weighted by Crippen LogP contribution is 2.28. The summed E-state index contributed by atoms with van der Waals surface area (Å²) in [6.45, 7) is 0.517. The lowest BCUT2D eigenvalue weighted by Gasteiger charge is -2.36. The van der Waals surface area contributed by atoms with Gasteiger partial charge in [-0.2, -0.15) is 0 Å². The Morgan fingerprint density at radius 3 is 2.22 bits per heavy atom. The first-order valence-corrected chi connectivity index (χ1v) is 14.3. The van der Waals surface area contributed by atoms with Crippen molar-refractivity contribution in [2.24, 2.45) is 5.73 Å². The van der Waals surface area contributed by atoms with Gasteiger partial charge in [0.2, 0.25) is 11.8 Å². The number of amides is 3. The van der Waals surface area contributed by atoms with Gasteiger partial charge >= 0.3 is 5.97 Å². The number of halogens is 1. The summed E-state index contributed by atoms with van der Waals surface area (Å²) in [6.07, 6.45) is 3.25. The fourth-order valence-corrected chi connectivity index (χ4v) is 5.07. The van der Waals surface area contributed by atoms with Gasteiger partial charge in [-0.05, 0) is 66.8 Å². The molecule has 3 amide bonds. The molecule has 1 saturated heterocycles. The van der Waals surface area contributed by atoms with Crippen molar-refractivity contribution in [2.45, 2.75) is 57.0 Å². The first-order chi connectivity index (χ1) is 21.5. The van der Waals surface area contributed by atoms with Crippen molar-refractivity contribution in [1.29, 1.82) is 0 Å². The fraction of sp³-hybridized carbons (Fsp3) is 0.406. The molecule has 1 aliphatic carbocycles. The molecule has 2 aliphatic heterocycles. The van der Waals surface area contributed by atoms with Gasteiger partial charge in [0.1, 0.15) is 23.6 Å². The third kappa shape index (κ3) is 9.69. The molecular formula is C32H38ClN3O10. The molecule has 1 saturated carbocycles. The van der Waals surface area contributed by atoms with Crippen molar-refractivity contribution in [1.82, 2.24) is 10.2 Å². The number of nitrogens with two attached hydrogens (primary N) is 1. The van der Waals surface area contributed by atoms with Gasteiger partial charge in [-0.15, -0.1) is 12.4 Å². The van der Waals surface area contributed by atoms with Crippen molar-refractivity contribution in [3.05, 3.63) is 58.7 Å². The molecule has 248 valence electrons. The monoisotopic (exact) mass is 659 g/mol. The normalized spacial score (nSPS) is 18.7. The van der Waals surface area contributed by atoms with Crippen LogP contribution in [0.3, 0.4) is 0 Å². The maximum Gasteiger partial charge on any atom is 0.338 e. The highest BCUT2D eigenvalue weighted by atomic mass is 35.5. The van der Waals surface area contributed by atoms with Crippen LogP contribution in [0.4, 0.5) is 0 Å². The van der Waals surface area contributed by atoms with E-state index in [2.05, 4.69) is 10.1 Å². The zero-order valence-corrected chi connectivity index (χ0v) is 26.7. The number of esters is 1. The first kappa shape index (κ1) is 37.6. The molecule has 2 aromatic rings. The highest BCUT2D eigenvalue weighted by molar-refractivity contribution is 6.07. The summed E-state index contributed by atoms with van der Waals surface area (Å²) in [4.78, 5) is 80.3. The van der Waals surface area contributed by atoms with Crippen LogP contribution in [-0.2, 0) is 41.6 Å². The van der Waals surface area contributed by atoms with Gasteiger partial charge in [-0.3, -0.25) is 29.3 Å². The second kappa shape index (κ2) is 17.8. The zero-order valence-electron chi connectivity index (χ0n) is 25.9. The van der Waals surface area contributed by atoms with Crippen LogP contribution in [0.2, 0.25) is 0 Å². The Labute approximate surface area is 272 Å². The fourth-order valence-electron chi connectivity index (χ4n) is 5.07. The molecule has 2 fully saturated rings. The SMILES string of the molecule is COC(=O)c1ccc(OC)cc1CC=O.COc1ccc2c(c1)CCN(C1CCC(=O)CC1=O)C2=O.Cl.NC1CCC(=O)NC1=O. The van der Waals surface area contributed by atoms with Gasteiger partial charge in [0.25, 0.3) is 5.91 Å². The maximum atomic E-state index is 12.6. The minimum Gasteiger partial charge on any atom is -0.497 e. The number of imide groups is 1. The third-order valence-electron chi connectivity index (χ3n) is 7.54. The van der Waals surface area contributed by atoms with Crippen molar-refractivity contribution in [3.63, 3.8) is 0 Å². The number of benzene rings is 2. The van der Waals surface area contributed by atoms with Crippen molar-refractivity contribution in [3.8, 4) is 11.5 Å². The summed E-state index contributed by atoms with van der Waals surface area (Å²) >= 11 is 0. The predicted octanol–water partition coefficient (Wildman–Crippen LogP) is 1.78. The molecule has 2 aromatic carbocycles. The van der Waals surface area contributed by atoms with E-state index < -0.39 is 18.1 Å². The molecule has 5 rings (SSSR count). The van der Waals surface area contributed by atoms with Crippen LogP contribution in [0, 0.1) is 0 Å². The maximum absolute atomic E-state index is 12.6. The minimum absolute atomic E-state index is 0. The molecule has 46 heavy (non-hydrogen) atoms.